The van der Waals surface area contributed by atoms with Crippen molar-refractivity contribution < 1.29 is 9.18 Å². The minimum Gasteiger partial charge on any atom is -0.354 e. The van der Waals surface area contributed by atoms with Gasteiger partial charge in [0.05, 0.1) is 17.4 Å². The Morgan fingerprint density at radius 2 is 2.00 bits per heavy atom. The molecule has 1 amide bonds. The van der Waals surface area contributed by atoms with Gasteiger partial charge in [-0.05, 0) is 42.7 Å². The molecule has 0 fully saturated rings. The van der Waals surface area contributed by atoms with Gasteiger partial charge in [0.2, 0.25) is 5.91 Å². The number of amides is 1. The number of rotatable bonds is 7. The summed E-state index contributed by atoms with van der Waals surface area (Å²) in [4.78, 5) is 11.8. The highest BCUT2D eigenvalue weighted by Gasteiger charge is 2.14. The van der Waals surface area contributed by atoms with Crippen molar-refractivity contribution in [3.63, 3.8) is 0 Å². The number of aromatic nitrogens is 2. The molecule has 0 bridgehead atoms. The number of benzene rings is 1. The Morgan fingerprint density at radius 1 is 1.30 bits per heavy atom. The molecule has 0 unspecified atom stereocenters. The molecular weight excluding hydrogens is 295 g/mol. The first-order chi connectivity index (χ1) is 11.0. The van der Waals surface area contributed by atoms with Crippen LogP contribution >= 0.6 is 0 Å². The van der Waals surface area contributed by atoms with Gasteiger partial charge in [0, 0.05) is 19.2 Å². The summed E-state index contributed by atoms with van der Waals surface area (Å²) in [7, 11) is 0. The van der Waals surface area contributed by atoms with Crippen molar-refractivity contribution in [2.24, 2.45) is 11.7 Å². The van der Waals surface area contributed by atoms with E-state index in [0.717, 1.165) is 11.4 Å². The molecular formula is C17H23FN4O. The van der Waals surface area contributed by atoms with Crippen molar-refractivity contribution in [1.29, 1.82) is 0 Å². The minimum atomic E-state index is -0.466. The van der Waals surface area contributed by atoms with Gasteiger partial charge in [-0.2, -0.15) is 5.10 Å². The van der Waals surface area contributed by atoms with Crippen LogP contribution in [-0.2, 0) is 11.2 Å². The summed E-state index contributed by atoms with van der Waals surface area (Å²) in [5.41, 5.74) is 7.47. The van der Waals surface area contributed by atoms with E-state index in [-0.39, 0.29) is 11.7 Å². The molecule has 0 saturated carbocycles. The van der Waals surface area contributed by atoms with E-state index in [1.807, 2.05) is 26.1 Å². The number of halogens is 1. The lowest BCUT2D eigenvalue weighted by molar-refractivity contribution is -0.122. The van der Waals surface area contributed by atoms with Gasteiger partial charge in [-0.15, -0.1) is 0 Å². The van der Waals surface area contributed by atoms with Crippen LogP contribution in [-0.4, -0.2) is 28.3 Å². The SMILES string of the molecule is CC(C)C[C@H](N)C(=O)NCCc1ccn(-c2ccc(F)cc2)n1. The highest BCUT2D eigenvalue weighted by molar-refractivity contribution is 5.81. The van der Waals surface area contributed by atoms with Gasteiger partial charge >= 0.3 is 0 Å². The zero-order valence-corrected chi connectivity index (χ0v) is 13.5. The molecule has 0 aliphatic rings. The van der Waals surface area contributed by atoms with E-state index in [1.165, 1.54) is 12.1 Å². The van der Waals surface area contributed by atoms with Crippen LogP contribution < -0.4 is 11.1 Å². The van der Waals surface area contributed by atoms with E-state index in [2.05, 4.69) is 10.4 Å². The fraction of sp³-hybridized carbons (Fsp3) is 0.412. The van der Waals surface area contributed by atoms with Crippen LogP contribution in [0.2, 0.25) is 0 Å². The van der Waals surface area contributed by atoms with Crippen molar-refractivity contribution in [3.05, 3.63) is 48.0 Å². The number of nitrogens with one attached hydrogen (secondary N) is 1. The van der Waals surface area contributed by atoms with Crippen molar-refractivity contribution in [2.45, 2.75) is 32.7 Å². The molecule has 0 aliphatic carbocycles. The van der Waals surface area contributed by atoms with Crippen LogP contribution in [0.4, 0.5) is 4.39 Å². The number of carbonyl (C=O) groups excluding carboxylic acids is 1. The standard InChI is InChI=1S/C17H23FN4O/c1-12(2)11-16(19)17(23)20-9-7-14-8-10-22(21-14)15-5-3-13(18)4-6-15/h3-6,8,10,12,16H,7,9,11,19H2,1-2H3,(H,20,23)/t16-/m0/s1. The third-order valence-electron chi connectivity index (χ3n) is 3.48. The van der Waals surface area contributed by atoms with Gasteiger partial charge in [0.1, 0.15) is 5.82 Å². The van der Waals surface area contributed by atoms with Crippen LogP contribution in [0.15, 0.2) is 36.5 Å². The van der Waals surface area contributed by atoms with Gasteiger partial charge in [-0.3, -0.25) is 4.79 Å². The predicted molar refractivity (Wildman–Crippen MR) is 87.7 cm³/mol. The molecule has 2 rings (SSSR count). The normalized spacial score (nSPS) is 12.4. The van der Waals surface area contributed by atoms with Crippen molar-refractivity contribution in [2.75, 3.05) is 6.54 Å². The Labute approximate surface area is 135 Å². The molecule has 124 valence electrons. The minimum absolute atomic E-state index is 0.128. The maximum atomic E-state index is 12.9. The van der Waals surface area contributed by atoms with Crippen LogP contribution in [0.5, 0.6) is 0 Å². The molecule has 2 aromatic rings. The monoisotopic (exact) mass is 318 g/mol. The lowest BCUT2D eigenvalue weighted by Crippen LogP contribution is -2.42. The van der Waals surface area contributed by atoms with E-state index >= 15 is 0 Å². The average molecular weight is 318 g/mol. The molecule has 1 aromatic carbocycles. The highest BCUT2D eigenvalue weighted by Crippen LogP contribution is 2.09. The lowest BCUT2D eigenvalue weighted by Gasteiger charge is -2.13. The molecule has 1 aromatic heterocycles. The maximum absolute atomic E-state index is 12.9. The Hall–Kier alpha value is -2.21. The van der Waals surface area contributed by atoms with E-state index in [9.17, 15) is 9.18 Å². The van der Waals surface area contributed by atoms with Crippen molar-refractivity contribution in [1.82, 2.24) is 15.1 Å². The molecule has 23 heavy (non-hydrogen) atoms. The quantitative estimate of drug-likeness (QED) is 0.820. The molecule has 0 saturated heterocycles. The molecule has 0 spiro atoms. The van der Waals surface area contributed by atoms with Gasteiger partial charge in [-0.1, -0.05) is 13.8 Å². The average Bonchev–Trinajstić information content (AvgIpc) is 2.96. The summed E-state index contributed by atoms with van der Waals surface area (Å²) in [6, 6.07) is 7.54. The van der Waals surface area contributed by atoms with Crippen LogP contribution in [0.3, 0.4) is 0 Å². The Balaban J connectivity index is 1.83. The fourth-order valence-electron chi connectivity index (χ4n) is 2.29. The number of carbonyl (C=O) groups is 1. The third kappa shape index (κ3) is 5.17. The first kappa shape index (κ1) is 17.1. The Morgan fingerprint density at radius 3 is 2.65 bits per heavy atom. The first-order valence-electron chi connectivity index (χ1n) is 7.79. The number of nitrogens with two attached hydrogens (primary N) is 1. The molecule has 0 radical (unpaired) electrons. The smallest absolute Gasteiger partial charge is 0.236 e. The van der Waals surface area contributed by atoms with E-state index < -0.39 is 6.04 Å². The lowest BCUT2D eigenvalue weighted by atomic mass is 10.0. The Kier molecular flexibility index (Phi) is 5.87. The Bertz CT molecular complexity index is 636. The zero-order chi connectivity index (χ0) is 16.8. The maximum Gasteiger partial charge on any atom is 0.236 e. The summed E-state index contributed by atoms with van der Waals surface area (Å²) in [5, 5.41) is 7.24. The van der Waals surface area contributed by atoms with Gasteiger partial charge in [0.15, 0.2) is 0 Å². The second-order valence-corrected chi connectivity index (χ2v) is 6.01. The van der Waals surface area contributed by atoms with Crippen molar-refractivity contribution >= 4 is 5.91 Å². The number of hydrogen-bond acceptors (Lipinski definition) is 3. The van der Waals surface area contributed by atoms with E-state index in [4.69, 9.17) is 5.73 Å². The molecule has 1 atom stereocenters. The molecule has 6 heteroatoms. The third-order valence-corrected chi connectivity index (χ3v) is 3.48. The molecule has 1 heterocycles. The zero-order valence-electron chi connectivity index (χ0n) is 13.5. The van der Waals surface area contributed by atoms with Gasteiger partial charge in [0.25, 0.3) is 0 Å². The highest BCUT2D eigenvalue weighted by atomic mass is 19.1. The van der Waals surface area contributed by atoms with Crippen molar-refractivity contribution in [3.8, 4) is 5.69 Å². The first-order valence-corrected chi connectivity index (χ1v) is 7.79. The fourth-order valence-corrected chi connectivity index (χ4v) is 2.29. The second kappa shape index (κ2) is 7.87. The van der Waals surface area contributed by atoms with Gasteiger partial charge < -0.3 is 11.1 Å². The van der Waals surface area contributed by atoms with Crippen LogP contribution in [0.25, 0.3) is 5.69 Å². The molecule has 3 N–H and O–H groups in total. The number of nitrogens with zero attached hydrogens (tertiary/aromatic N) is 2. The molecule has 5 nitrogen and oxygen atoms in total. The topological polar surface area (TPSA) is 72.9 Å². The van der Waals surface area contributed by atoms with E-state index in [0.29, 0.717) is 25.3 Å². The number of hydrogen-bond donors (Lipinski definition) is 2. The summed E-state index contributed by atoms with van der Waals surface area (Å²) in [5.74, 6) is -0.0135. The largest absolute Gasteiger partial charge is 0.354 e. The van der Waals surface area contributed by atoms with Gasteiger partial charge in [-0.25, -0.2) is 9.07 Å². The van der Waals surface area contributed by atoms with E-state index in [1.54, 1.807) is 16.8 Å². The summed E-state index contributed by atoms with van der Waals surface area (Å²) in [6.45, 7) is 4.57. The summed E-state index contributed by atoms with van der Waals surface area (Å²) < 4.78 is 14.6. The second-order valence-electron chi connectivity index (χ2n) is 6.01. The van der Waals surface area contributed by atoms with Crippen LogP contribution in [0.1, 0.15) is 26.0 Å². The van der Waals surface area contributed by atoms with Crippen LogP contribution in [0, 0.1) is 11.7 Å². The predicted octanol–water partition coefficient (Wildman–Crippen LogP) is 2.04. The molecule has 0 aliphatic heterocycles. The summed E-state index contributed by atoms with van der Waals surface area (Å²) in [6.07, 6.45) is 3.11. The summed E-state index contributed by atoms with van der Waals surface area (Å²) >= 11 is 0.